The van der Waals surface area contributed by atoms with Crippen LogP contribution in [0.2, 0.25) is 0 Å². The van der Waals surface area contributed by atoms with E-state index in [1.165, 1.54) is 5.69 Å². The van der Waals surface area contributed by atoms with E-state index in [0.717, 1.165) is 103 Å². The number of rotatable bonds is 8. The molecule has 9 heteroatoms. The second-order valence-electron chi connectivity index (χ2n) is 16.0. The van der Waals surface area contributed by atoms with Gasteiger partial charge in [-0.2, -0.15) is 5.26 Å². The first-order valence-electron chi connectivity index (χ1n) is 18.2. The summed E-state index contributed by atoms with van der Waals surface area (Å²) in [5, 5.41) is 9.78. The molecule has 270 valence electrons. The van der Waals surface area contributed by atoms with Crippen LogP contribution in [0.4, 0.5) is 5.69 Å². The second kappa shape index (κ2) is 14.2. The number of nitrogens with zero attached hydrogens (tertiary/aromatic N) is 5. The van der Waals surface area contributed by atoms with Gasteiger partial charge in [-0.05, 0) is 99.0 Å². The Hall–Kier alpha value is -4.55. The van der Waals surface area contributed by atoms with Crippen molar-refractivity contribution in [2.24, 2.45) is 17.9 Å². The van der Waals surface area contributed by atoms with Crippen LogP contribution < -0.4 is 19.9 Å². The van der Waals surface area contributed by atoms with Crippen molar-refractivity contribution in [2.45, 2.75) is 72.9 Å². The van der Waals surface area contributed by atoms with Crippen LogP contribution in [0.25, 0.3) is 11.1 Å². The normalized spacial score (nSPS) is 19.2. The zero-order valence-electron chi connectivity index (χ0n) is 31.6. The number of piperidine rings is 1. The number of likely N-dealkylation sites (tertiary alicyclic amines) is 2. The van der Waals surface area contributed by atoms with Crippen molar-refractivity contribution in [1.29, 1.82) is 5.26 Å². The summed E-state index contributed by atoms with van der Waals surface area (Å²) in [7, 11) is 5.20. The van der Waals surface area contributed by atoms with Gasteiger partial charge < -0.3 is 23.8 Å². The molecule has 0 bridgehead atoms. The van der Waals surface area contributed by atoms with Crippen LogP contribution in [0.3, 0.4) is 0 Å². The lowest BCUT2D eigenvalue weighted by molar-refractivity contribution is -0.127. The molecule has 0 saturated carbocycles. The lowest BCUT2D eigenvalue weighted by atomic mass is 9.71. The minimum Gasteiger partial charge on any atom is -0.496 e. The number of allylic oxidation sites excluding steroid dienone is 1. The summed E-state index contributed by atoms with van der Waals surface area (Å²) >= 11 is 0. The van der Waals surface area contributed by atoms with Gasteiger partial charge in [-0.15, -0.1) is 0 Å². The standard InChI is InChI=1S/C42H53N5O4/c1-28-29(2)39(48)44(6)24-34(28)31-20-37(50-7)35(38(21-31)51-8)25-45-17-14-42(15-18-45)26-46(27-42)33-12-9-11-30(19-33)36-13-10-16-47(36)40(49)32(23-43)22-41(3,4)5/h9,11-12,19-22,24,36H,10,13-18,25-27H2,1-8H3/b32-22+. The molecule has 0 radical (unpaired) electrons. The zero-order valence-corrected chi connectivity index (χ0v) is 31.6. The summed E-state index contributed by atoms with van der Waals surface area (Å²) in [6.07, 6.45) is 7.80. The van der Waals surface area contributed by atoms with E-state index in [2.05, 4.69) is 52.3 Å². The molecule has 3 aliphatic heterocycles. The molecular formula is C42H53N5O4. The number of ether oxygens (including phenoxy) is 2. The predicted molar refractivity (Wildman–Crippen MR) is 202 cm³/mol. The third-order valence-corrected chi connectivity index (χ3v) is 11.3. The molecule has 1 unspecified atom stereocenters. The molecule has 51 heavy (non-hydrogen) atoms. The van der Waals surface area contributed by atoms with E-state index in [0.29, 0.717) is 12.0 Å². The van der Waals surface area contributed by atoms with Gasteiger partial charge in [0.05, 0.1) is 25.8 Å². The minimum atomic E-state index is -0.240. The maximum Gasteiger partial charge on any atom is 0.264 e. The topological polar surface area (TPSA) is 91.0 Å². The number of hydrogen-bond acceptors (Lipinski definition) is 7. The molecular weight excluding hydrogens is 638 g/mol. The number of aryl methyl sites for hydroxylation is 1. The molecule has 2 aromatic carbocycles. The molecule has 1 amide bonds. The number of benzene rings is 2. The number of pyridine rings is 1. The van der Waals surface area contributed by atoms with Gasteiger partial charge in [-0.25, -0.2) is 0 Å². The van der Waals surface area contributed by atoms with E-state index >= 15 is 0 Å². The van der Waals surface area contributed by atoms with E-state index < -0.39 is 0 Å². The van der Waals surface area contributed by atoms with E-state index in [4.69, 9.17) is 9.47 Å². The summed E-state index contributed by atoms with van der Waals surface area (Å²) < 4.78 is 13.5. The molecule has 0 N–H and O–H groups in total. The van der Waals surface area contributed by atoms with Crippen molar-refractivity contribution >= 4 is 11.6 Å². The lowest BCUT2D eigenvalue weighted by Crippen LogP contribution is -2.60. The predicted octanol–water partition coefficient (Wildman–Crippen LogP) is 6.95. The molecule has 1 spiro atoms. The number of carbonyl (C=O) groups excluding carboxylic acids is 1. The van der Waals surface area contributed by atoms with Gasteiger partial charge in [0.15, 0.2) is 0 Å². The maximum absolute atomic E-state index is 13.5. The van der Waals surface area contributed by atoms with Crippen molar-refractivity contribution in [3.05, 3.63) is 86.9 Å². The molecule has 4 heterocycles. The molecule has 3 saturated heterocycles. The fraction of sp³-hybridized carbons (Fsp3) is 0.500. The minimum absolute atomic E-state index is 0.00905. The molecule has 3 fully saturated rings. The number of carbonyl (C=O) groups is 1. The Morgan fingerprint density at radius 1 is 1.02 bits per heavy atom. The Morgan fingerprint density at radius 2 is 1.69 bits per heavy atom. The molecule has 9 nitrogen and oxygen atoms in total. The van der Waals surface area contributed by atoms with Gasteiger partial charge in [0.1, 0.15) is 23.1 Å². The first-order chi connectivity index (χ1) is 24.3. The molecule has 6 rings (SSSR count). The Balaban J connectivity index is 1.10. The number of amides is 1. The maximum atomic E-state index is 13.5. The van der Waals surface area contributed by atoms with Crippen LogP contribution in [-0.4, -0.2) is 67.2 Å². The number of hydrogen-bond donors (Lipinski definition) is 0. The van der Waals surface area contributed by atoms with Gasteiger partial charge in [0, 0.05) is 61.7 Å². The zero-order chi connectivity index (χ0) is 36.7. The van der Waals surface area contributed by atoms with Gasteiger partial charge >= 0.3 is 0 Å². The number of methoxy groups -OCH3 is 2. The van der Waals surface area contributed by atoms with Crippen LogP contribution in [0.15, 0.2) is 59.0 Å². The molecule has 1 atom stereocenters. The van der Waals surface area contributed by atoms with Crippen LogP contribution >= 0.6 is 0 Å². The molecule has 1 aromatic heterocycles. The summed E-state index contributed by atoms with van der Waals surface area (Å²) in [6.45, 7) is 15.4. The van der Waals surface area contributed by atoms with Crippen molar-refractivity contribution in [3.8, 4) is 28.7 Å². The Labute approximate surface area is 303 Å². The number of nitriles is 1. The molecule has 0 aliphatic carbocycles. The highest BCUT2D eigenvalue weighted by molar-refractivity contribution is 5.97. The van der Waals surface area contributed by atoms with Crippen molar-refractivity contribution < 1.29 is 14.3 Å². The van der Waals surface area contributed by atoms with Crippen LogP contribution in [0.5, 0.6) is 11.5 Å². The highest BCUT2D eigenvalue weighted by Gasteiger charge is 2.45. The average Bonchev–Trinajstić information content (AvgIpc) is 3.60. The summed E-state index contributed by atoms with van der Waals surface area (Å²) in [4.78, 5) is 32.8. The van der Waals surface area contributed by atoms with Crippen LogP contribution in [0.1, 0.15) is 74.8 Å². The SMILES string of the molecule is COc1cc(-c2cn(C)c(=O)c(C)c2C)cc(OC)c1CN1CCC2(CC1)CN(c1cccc(C3CCCN3C(=O)/C(C#N)=C/C(C)(C)C)c1)C2. The summed E-state index contributed by atoms with van der Waals surface area (Å²) in [6, 6.07) is 15.0. The first kappa shape index (κ1) is 36.2. The fourth-order valence-electron chi connectivity index (χ4n) is 8.25. The third kappa shape index (κ3) is 7.30. The smallest absolute Gasteiger partial charge is 0.264 e. The third-order valence-electron chi connectivity index (χ3n) is 11.3. The van der Waals surface area contributed by atoms with Gasteiger partial charge in [-0.3, -0.25) is 14.5 Å². The first-order valence-corrected chi connectivity index (χ1v) is 18.2. The summed E-state index contributed by atoms with van der Waals surface area (Å²) in [5.74, 6) is 1.43. The van der Waals surface area contributed by atoms with Crippen LogP contribution in [-0.2, 0) is 18.4 Å². The highest BCUT2D eigenvalue weighted by Crippen LogP contribution is 2.45. The van der Waals surface area contributed by atoms with Crippen LogP contribution in [0, 0.1) is 36.0 Å². The van der Waals surface area contributed by atoms with Crippen molar-refractivity contribution in [3.63, 3.8) is 0 Å². The van der Waals surface area contributed by atoms with E-state index in [-0.39, 0.29) is 28.5 Å². The van der Waals surface area contributed by atoms with Gasteiger partial charge in [0.25, 0.3) is 11.5 Å². The second-order valence-corrected chi connectivity index (χ2v) is 16.0. The Bertz CT molecular complexity index is 1910. The van der Waals surface area contributed by atoms with Gasteiger partial charge in [-0.1, -0.05) is 39.0 Å². The number of anilines is 1. The molecule has 3 aliphatic rings. The van der Waals surface area contributed by atoms with Crippen molar-refractivity contribution in [1.82, 2.24) is 14.4 Å². The lowest BCUT2D eigenvalue weighted by Gasteiger charge is -2.55. The quantitative estimate of drug-likeness (QED) is 0.187. The average molecular weight is 692 g/mol. The molecule has 3 aromatic rings. The Morgan fingerprint density at radius 3 is 2.29 bits per heavy atom. The van der Waals surface area contributed by atoms with Crippen molar-refractivity contribution in [2.75, 3.05) is 51.8 Å². The van der Waals surface area contributed by atoms with E-state index in [1.54, 1.807) is 31.9 Å². The highest BCUT2D eigenvalue weighted by atomic mass is 16.5. The van der Waals surface area contributed by atoms with E-state index in [9.17, 15) is 14.9 Å². The Kier molecular flexibility index (Phi) is 10.1. The largest absolute Gasteiger partial charge is 0.496 e. The van der Waals surface area contributed by atoms with E-state index in [1.807, 2.05) is 45.7 Å². The summed E-state index contributed by atoms with van der Waals surface area (Å²) in [5.41, 5.74) is 7.39. The number of aromatic nitrogens is 1. The fourth-order valence-corrected chi connectivity index (χ4v) is 8.25. The monoisotopic (exact) mass is 691 g/mol. The van der Waals surface area contributed by atoms with Gasteiger partial charge in [0.2, 0.25) is 0 Å².